The van der Waals surface area contributed by atoms with Crippen LogP contribution in [0.15, 0.2) is 152 Å². The summed E-state index contributed by atoms with van der Waals surface area (Å²) >= 11 is 0. The molecule has 174 valence electrons. The van der Waals surface area contributed by atoms with Gasteiger partial charge in [0.1, 0.15) is 5.75 Å². The second-order valence-corrected chi connectivity index (χ2v) is 8.88. The maximum Gasteiger partial charge on any atom is 0.115 e. The third-order valence-electron chi connectivity index (χ3n) is 6.32. The van der Waals surface area contributed by atoms with Crippen LogP contribution in [-0.4, -0.2) is 32.9 Å². The lowest BCUT2D eigenvalue weighted by atomic mass is 9.91. The molecule has 6 heteroatoms. The summed E-state index contributed by atoms with van der Waals surface area (Å²) in [7, 11) is 0. The van der Waals surface area contributed by atoms with Gasteiger partial charge in [-0.05, 0) is 84.5 Å². The van der Waals surface area contributed by atoms with Crippen molar-refractivity contribution < 1.29 is 5.11 Å². The van der Waals surface area contributed by atoms with Crippen LogP contribution < -0.4 is 0 Å². The van der Waals surface area contributed by atoms with E-state index >= 15 is 0 Å². The van der Waals surface area contributed by atoms with Crippen LogP contribution in [-0.2, 0) is 0 Å². The minimum Gasteiger partial charge on any atom is -0.508 e. The molecule has 8 bridgehead atoms. The maximum absolute atomic E-state index is 9.96. The highest BCUT2D eigenvalue weighted by atomic mass is 16.3. The first kappa shape index (κ1) is 21.1. The van der Waals surface area contributed by atoms with E-state index in [1.54, 1.807) is 18.3 Å². The number of phenolic OH excluding ortho intramolecular Hbond substituents is 1. The highest BCUT2D eigenvalue weighted by Crippen LogP contribution is 2.37. The van der Waals surface area contributed by atoms with Gasteiger partial charge in [0.05, 0.1) is 45.6 Å². The van der Waals surface area contributed by atoms with Crippen molar-refractivity contribution in [3.63, 3.8) is 0 Å². The molecule has 0 atom stereocenters. The standard InChI is InChI=1S/C31H19N5O/c37-27-10-3-19(4-11-27)30-29-12-9-25(35-29)15-23-6-5-21(33-23)14-22-7-8-24(34-22)16-26-17-28(31(30)36-26)20-2-1-13-32-18-20/h1-18,37H. The topological polar surface area (TPSA) is 82.6 Å². The van der Waals surface area contributed by atoms with Crippen LogP contribution in [0.3, 0.4) is 0 Å². The van der Waals surface area contributed by atoms with Crippen LogP contribution in [0.1, 0.15) is 11.1 Å². The quantitative estimate of drug-likeness (QED) is 0.599. The normalized spacial score (nSPS) is 19.2. The molecule has 0 fully saturated rings. The van der Waals surface area contributed by atoms with Crippen molar-refractivity contribution in [3.05, 3.63) is 143 Å². The first-order valence-electron chi connectivity index (χ1n) is 11.9. The summed E-state index contributed by atoms with van der Waals surface area (Å²) < 4.78 is 0. The van der Waals surface area contributed by atoms with E-state index < -0.39 is 0 Å². The van der Waals surface area contributed by atoms with E-state index in [0.717, 1.165) is 67.9 Å². The van der Waals surface area contributed by atoms with Gasteiger partial charge in [0.2, 0.25) is 0 Å². The number of nitrogens with zero attached hydrogens (tertiary/aromatic N) is 5. The number of pyridine rings is 1. The Balaban J connectivity index is 1.49. The molecule has 1 aromatic carbocycles. The van der Waals surface area contributed by atoms with Crippen LogP contribution in [0.2, 0.25) is 0 Å². The van der Waals surface area contributed by atoms with E-state index in [1.165, 1.54) is 0 Å². The predicted octanol–water partition coefficient (Wildman–Crippen LogP) is 5.73. The van der Waals surface area contributed by atoms with Crippen molar-refractivity contribution in [2.45, 2.75) is 0 Å². The molecule has 0 saturated carbocycles. The second-order valence-electron chi connectivity index (χ2n) is 8.88. The number of aromatic hydroxyl groups is 1. The third kappa shape index (κ3) is 4.00. The van der Waals surface area contributed by atoms with Gasteiger partial charge in [-0.15, -0.1) is 0 Å². The number of phenols is 1. The molecule has 1 aromatic heterocycles. The number of aliphatic imine (C=N–C) groups is 4. The Bertz CT molecular complexity index is 1730. The number of allylic oxidation sites excluding steroid dienone is 12. The van der Waals surface area contributed by atoms with Crippen LogP contribution in [0.25, 0.3) is 11.1 Å². The zero-order valence-electron chi connectivity index (χ0n) is 19.6. The van der Waals surface area contributed by atoms with E-state index in [2.05, 4.69) is 11.1 Å². The molecule has 5 aliphatic rings. The summed E-state index contributed by atoms with van der Waals surface area (Å²) in [5.74, 6) is 0.201. The number of hydrogen-bond donors (Lipinski definition) is 1. The van der Waals surface area contributed by atoms with Crippen molar-refractivity contribution in [2.75, 3.05) is 0 Å². The molecule has 0 spiro atoms. The molecular weight excluding hydrogens is 458 g/mol. The smallest absolute Gasteiger partial charge is 0.115 e. The van der Waals surface area contributed by atoms with Crippen molar-refractivity contribution in [3.8, 4) is 5.75 Å². The molecule has 6 nitrogen and oxygen atoms in total. The molecule has 37 heavy (non-hydrogen) atoms. The molecule has 0 unspecified atom stereocenters. The molecule has 0 amide bonds. The average molecular weight is 478 g/mol. The molecule has 0 saturated heterocycles. The van der Waals surface area contributed by atoms with Crippen molar-refractivity contribution in [1.82, 2.24) is 4.98 Å². The van der Waals surface area contributed by atoms with Crippen LogP contribution >= 0.6 is 0 Å². The maximum atomic E-state index is 9.96. The SMILES string of the molecule is Oc1ccc(C2=C3C=CC(=N3)C=C3C=CC(=N3)C=C3C=CC(=N3)C=C3C=C(c4cccnc4)C2=N3)cc1. The van der Waals surface area contributed by atoms with Gasteiger partial charge in [-0.25, -0.2) is 20.0 Å². The highest BCUT2D eigenvalue weighted by molar-refractivity contribution is 6.47. The fraction of sp³-hybridized carbons (Fsp3) is 0. The van der Waals surface area contributed by atoms with Gasteiger partial charge in [0.25, 0.3) is 0 Å². The Kier molecular flexibility index (Phi) is 4.82. The summed E-state index contributed by atoms with van der Waals surface area (Å²) in [5, 5.41) is 9.96. The van der Waals surface area contributed by atoms with Gasteiger partial charge in [-0.1, -0.05) is 18.2 Å². The third-order valence-corrected chi connectivity index (χ3v) is 6.32. The van der Waals surface area contributed by atoms with Gasteiger partial charge < -0.3 is 5.11 Å². The Hall–Kier alpha value is -5.23. The van der Waals surface area contributed by atoms with E-state index in [1.807, 2.05) is 85.1 Å². The molecule has 0 radical (unpaired) electrons. The molecule has 6 heterocycles. The van der Waals surface area contributed by atoms with Gasteiger partial charge in [-0.3, -0.25) is 4.98 Å². The molecule has 7 rings (SSSR count). The highest BCUT2D eigenvalue weighted by Gasteiger charge is 2.26. The van der Waals surface area contributed by atoms with Crippen LogP contribution in [0, 0.1) is 0 Å². The molecule has 2 aromatic rings. The Labute approximate surface area is 213 Å². The minimum absolute atomic E-state index is 0.201. The Morgan fingerprint density at radius 2 is 1.24 bits per heavy atom. The number of rotatable bonds is 2. The zero-order valence-corrected chi connectivity index (χ0v) is 19.6. The fourth-order valence-corrected chi connectivity index (χ4v) is 4.64. The number of hydrogen-bond acceptors (Lipinski definition) is 6. The van der Waals surface area contributed by atoms with E-state index in [-0.39, 0.29) is 5.75 Å². The van der Waals surface area contributed by atoms with Gasteiger partial charge in [0, 0.05) is 29.1 Å². The zero-order chi connectivity index (χ0) is 24.8. The average Bonchev–Trinajstić information content (AvgIpc) is 3.71. The van der Waals surface area contributed by atoms with E-state index in [4.69, 9.17) is 20.0 Å². The summed E-state index contributed by atoms with van der Waals surface area (Å²) in [6, 6.07) is 11.1. The predicted molar refractivity (Wildman–Crippen MR) is 149 cm³/mol. The summed E-state index contributed by atoms with van der Waals surface area (Å²) in [5.41, 5.74) is 10.2. The summed E-state index contributed by atoms with van der Waals surface area (Å²) in [6.45, 7) is 0. The Morgan fingerprint density at radius 3 is 1.95 bits per heavy atom. The summed E-state index contributed by atoms with van der Waals surface area (Å²) in [6.07, 6.45) is 23.4. The monoisotopic (exact) mass is 477 g/mol. The largest absolute Gasteiger partial charge is 0.508 e. The molecular formula is C31H19N5O. The van der Waals surface area contributed by atoms with Gasteiger partial charge in [-0.2, -0.15) is 0 Å². The van der Waals surface area contributed by atoms with Crippen LogP contribution in [0.4, 0.5) is 0 Å². The van der Waals surface area contributed by atoms with Crippen molar-refractivity contribution in [1.29, 1.82) is 0 Å². The lowest BCUT2D eigenvalue weighted by Crippen LogP contribution is -2.05. The molecule has 0 aliphatic carbocycles. The number of fused-ring (bicyclic) bond motifs is 4. The fourth-order valence-electron chi connectivity index (χ4n) is 4.64. The minimum atomic E-state index is 0.201. The second kappa shape index (κ2) is 8.46. The summed E-state index contributed by atoms with van der Waals surface area (Å²) in [4.78, 5) is 23.8. The Morgan fingerprint density at radius 1 is 0.568 bits per heavy atom. The van der Waals surface area contributed by atoms with Crippen molar-refractivity contribution in [2.24, 2.45) is 20.0 Å². The van der Waals surface area contributed by atoms with Gasteiger partial charge in [0.15, 0.2) is 0 Å². The number of benzene rings is 1. The first-order chi connectivity index (χ1) is 18.2. The molecule has 1 N–H and O–H groups in total. The lowest BCUT2D eigenvalue weighted by Gasteiger charge is -2.13. The van der Waals surface area contributed by atoms with Crippen molar-refractivity contribution >= 4 is 34.0 Å². The number of aromatic nitrogens is 1. The lowest BCUT2D eigenvalue weighted by molar-refractivity contribution is 0.475. The van der Waals surface area contributed by atoms with E-state index in [9.17, 15) is 5.11 Å². The van der Waals surface area contributed by atoms with Crippen LogP contribution in [0.5, 0.6) is 5.75 Å². The van der Waals surface area contributed by atoms with E-state index in [0.29, 0.717) is 0 Å². The first-order valence-corrected chi connectivity index (χ1v) is 11.9. The molecule has 5 aliphatic heterocycles. The van der Waals surface area contributed by atoms with Gasteiger partial charge >= 0.3 is 0 Å².